The van der Waals surface area contributed by atoms with E-state index in [4.69, 9.17) is 5.11 Å². The van der Waals surface area contributed by atoms with E-state index >= 15 is 0 Å². The fourth-order valence-corrected chi connectivity index (χ4v) is 1.77. The molecule has 0 unspecified atom stereocenters. The average Bonchev–Trinajstić information content (AvgIpc) is 2.18. The molecule has 0 aliphatic rings. The summed E-state index contributed by atoms with van der Waals surface area (Å²) in [7, 11) is 0. The topological polar surface area (TPSA) is 32.3 Å². The normalized spacial score (nSPS) is 12.8. The minimum Gasteiger partial charge on any atom is -0.395 e. The van der Waals surface area contributed by atoms with Crippen molar-refractivity contribution in [1.82, 2.24) is 5.32 Å². The van der Waals surface area contributed by atoms with Crippen molar-refractivity contribution in [3.63, 3.8) is 0 Å². The quantitative estimate of drug-likeness (QED) is 0.775. The summed E-state index contributed by atoms with van der Waals surface area (Å²) in [5.41, 5.74) is 3.88. The molecular formula is C13H21NO. The van der Waals surface area contributed by atoms with Crippen molar-refractivity contribution < 1.29 is 5.11 Å². The van der Waals surface area contributed by atoms with Crippen LogP contribution in [0.15, 0.2) is 18.2 Å². The molecule has 0 saturated carbocycles. The highest BCUT2D eigenvalue weighted by atomic mass is 16.3. The number of aliphatic hydroxyl groups is 1. The number of benzene rings is 1. The van der Waals surface area contributed by atoms with Gasteiger partial charge in [-0.05, 0) is 25.8 Å². The molecule has 2 N–H and O–H groups in total. The van der Waals surface area contributed by atoms with E-state index in [-0.39, 0.29) is 12.6 Å². The molecule has 0 radical (unpaired) electrons. The van der Waals surface area contributed by atoms with E-state index in [2.05, 4.69) is 44.3 Å². The molecule has 0 aliphatic carbocycles. The molecule has 84 valence electrons. The zero-order chi connectivity index (χ0) is 11.3. The third-order valence-electron chi connectivity index (χ3n) is 2.59. The first-order valence-electron chi connectivity index (χ1n) is 5.57. The van der Waals surface area contributed by atoms with Gasteiger partial charge in [0.2, 0.25) is 0 Å². The van der Waals surface area contributed by atoms with Gasteiger partial charge in [-0.2, -0.15) is 0 Å². The molecule has 2 heteroatoms. The molecule has 0 bridgehead atoms. The van der Waals surface area contributed by atoms with Gasteiger partial charge in [-0.3, -0.25) is 0 Å². The first-order valence-corrected chi connectivity index (χ1v) is 5.57. The lowest BCUT2D eigenvalue weighted by Crippen LogP contribution is -2.31. The highest BCUT2D eigenvalue weighted by Crippen LogP contribution is 2.08. The van der Waals surface area contributed by atoms with Gasteiger partial charge in [0.05, 0.1) is 6.61 Å². The zero-order valence-electron chi connectivity index (χ0n) is 9.88. The van der Waals surface area contributed by atoms with E-state index in [0.717, 1.165) is 13.0 Å². The predicted octanol–water partition coefficient (Wildman–Crippen LogP) is 2.16. The third kappa shape index (κ3) is 4.02. The van der Waals surface area contributed by atoms with Gasteiger partial charge in [0, 0.05) is 12.6 Å². The molecule has 0 heterocycles. The SMILES string of the molecule is CC[C@H](CO)NCc1cc(C)cc(C)c1. The van der Waals surface area contributed by atoms with Gasteiger partial charge < -0.3 is 10.4 Å². The number of hydrogen-bond donors (Lipinski definition) is 2. The van der Waals surface area contributed by atoms with Gasteiger partial charge in [0.15, 0.2) is 0 Å². The van der Waals surface area contributed by atoms with E-state index in [0.29, 0.717) is 0 Å². The van der Waals surface area contributed by atoms with Crippen molar-refractivity contribution >= 4 is 0 Å². The standard InChI is InChI=1S/C13H21NO/c1-4-13(9-15)14-8-12-6-10(2)5-11(3)7-12/h5-7,13-15H,4,8-9H2,1-3H3/t13-/m1/s1. The smallest absolute Gasteiger partial charge is 0.0584 e. The molecule has 2 nitrogen and oxygen atoms in total. The molecule has 0 spiro atoms. The molecule has 1 aromatic carbocycles. The maximum atomic E-state index is 9.05. The van der Waals surface area contributed by atoms with Crippen molar-refractivity contribution in [3.05, 3.63) is 34.9 Å². The van der Waals surface area contributed by atoms with Crippen LogP contribution in [0.3, 0.4) is 0 Å². The summed E-state index contributed by atoms with van der Waals surface area (Å²) in [4.78, 5) is 0. The van der Waals surface area contributed by atoms with Gasteiger partial charge >= 0.3 is 0 Å². The molecule has 1 aromatic rings. The van der Waals surface area contributed by atoms with Crippen LogP contribution in [0.5, 0.6) is 0 Å². The Morgan fingerprint density at radius 3 is 2.27 bits per heavy atom. The van der Waals surface area contributed by atoms with E-state index in [9.17, 15) is 0 Å². The molecule has 0 fully saturated rings. The Morgan fingerprint density at radius 1 is 1.20 bits per heavy atom. The van der Waals surface area contributed by atoms with Gasteiger partial charge in [-0.15, -0.1) is 0 Å². The Labute approximate surface area is 92.3 Å². The zero-order valence-corrected chi connectivity index (χ0v) is 9.88. The molecule has 0 aromatic heterocycles. The summed E-state index contributed by atoms with van der Waals surface area (Å²) in [6, 6.07) is 6.76. The molecule has 0 aliphatic heterocycles. The van der Waals surface area contributed by atoms with Crippen LogP contribution < -0.4 is 5.32 Å². The Morgan fingerprint density at radius 2 is 1.80 bits per heavy atom. The van der Waals surface area contributed by atoms with Crippen molar-refractivity contribution in [3.8, 4) is 0 Å². The lowest BCUT2D eigenvalue weighted by molar-refractivity contribution is 0.238. The van der Waals surface area contributed by atoms with Crippen LogP contribution in [0.1, 0.15) is 30.0 Å². The first kappa shape index (κ1) is 12.2. The summed E-state index contributed by atoms with van der Waals surface area (Å²) < 4.78 is 0. The number of aliphatic hydroxyl groups excluding tert-OH is 1. The van der Waals surface area contributed by atoms with Crippen LogP contribution >= 0.6 is 0 Å². The minimum atomic E-state index is 0.210. The van der Waals surface area contributed by atoms with Crippen molar-refractivity contribution in [2.45, 2.75) is 39.8 Å². The highest BCUT2D eigenvalue weighted by molar-refractivity contribution is 5.28. The van der Waals surface area contributed by atoms with Crippen LogP contribution in [0.25, 0.3) is 0 Å². The monoisotopic (exact) mass is 207 g/mol. The fraction of sp³-hybridized carbons (Fsp3) is 0.538. The van der Waals surface area contributed by atoms with Gasteiger partial charge in [0.1, 0.15) is 0 Å². The van der Waals surface area contributed by atoms with Crippen LogP contribution in [-0.4, -0.2) is 17.8 Å². The number of hydrogen-bond acceptors (Lipinski definition) is 2. The van der Waals surface area contributed by atoms with Crippen molar-refractivity contribution in [1.29, 1.82) is 0 Å². The number of aryl methyl sites for hydroxylation is 2. The maximum Gasteiger partial charge on any atom is 0.0584 e. The molecule has 15 heavy (non-hydrogen) atoms. The van der Waals surface area contributed by atoms with Crippen LogP contribution in [0.2, 0.25) is 0 Å². The van der Waals surface area contributed by atoms with Crippen molar-refractivity contribution in [2.75, 3.05) is 6.61 Å². The van der Waals surface area contributed by atoms with Gasteiger partial charge in [0.25, 0.3) is 0 Å². The van der Waals surface area contributed by atoms with E-state index in [1.165, 1.54) is 16.7 Å². The first-order chi connectivity index (χ1) is 7.15. The van der Waals surface area contributed by atoms with E-state index in [1.807, 2.05) is 0 Å². The molecule has 0 amide bonds. The lowest BCUT2D eigenvalue weighted by atomic mass is 10.1. The third-order valence-corrected chi connectivity index (χ3v) is 2.59. The average molecular weight is 207 g/mol. The van der Waals surface area contributed by atoms with Gasteiger partial charge in [-0.1, -0.05) is 36.2 Å². The van der Waals surface area contributed by atoms with Crippen molar-refractivity contribution in [2.24, 2.45) is 0 Å². The summed E-state index contributed by atoms with van der Waals surface area (Å²) in [5.74, 6) is 0. The predicted molar refractivity (Wildman–Crippen MR) is 63.9 cm³/mol. The molecule has 1 rings (SSSR count). The van der Waals surface area contributed by atoms with E-state index < -0.39 is 0 Å². The highest BCUT2D eigenvalue weighted by Gasteiger charge is 2.03. The number of nitrogens with one attached hydrogen (secondary N) is 1. The summed E-state index contributed by atoms with van der Waals surface area (Å²) in [6.07, 6.45) is 0.960. The largest absolute Gasteiger partial charge is 0.395 e. The Bertz CT molecular complexity index is 285. The van der Waals surface area contributed by atoms with E-state index in [1.54, 1.807) is 0 Å². The molecule has 0 saturated heterocycles. The van der Waals surface area contributed by atoms with Crippen LogP contribution in [-0.2, 0) is 6.54 Å². The Balaban J connectivity index is 2.57. The minimum absolute atomic E-state index is 0.210. The van der Waals surface area contributed by atoms with Crippen LogP contribution in [0.4, 0.5) is 0 Å². The molecular weight excluding hydrogens is 186 g/mol. The fourth-order valence-electron chi connectivity index (χ4n) is 1.77. The number of rotatable bonds is 5. The van der Waals surface area contributed by atoms with Gasteiger partial charge in [-0.25, -0.2) is 0 Å². The Hall–Kier alpha value is -0.860. The lowest BCUT2D eigenvalue weighted by Gasteiger charge is -2.14. The molecule has 1 atom stereocenters. The Kier molecular flexibility index (Phi) is 4.79. The second-order valence-corrected chi connectivity index (χ2v) is 4.16. The van der Waals surface area contributed by atoms with Crippen LogP contribution in [0, 0.1) is 13.8 Å². The maximum absolute atomic E-state index is 9.05. The summed E-state index contributed by atoms with van der Waals surface area (Å²) in [6.45, 7) is 7.35. The summed E-state index contributed by atoms with van der Waals surface area (Å²) in [5, 5.41) is 12.4. The summed E-state index contributed by atoms with van der Waals surface area (Å²) >= 11 is 0. The second-order valence-electron chi connectivity index (χ2n) is 4.16. The second kappa shape index (κ2) is 5.89.